The molecule has 1 N–H and O–H groups in total. The Morgan fingerprint density at radius 2 is 1.84 bits per heavy atom. The van der Waals surface area contributed by atoms with Crippen molar-refractivity contribution >= 4 is 35.2 Å². The predicted molar refractivity (Wildman–Crippen MR) is 133 cm³/mol. The third-order valence-corrected chi connectivity index (χ3v) is 6.52. The van der Waals surface area contributed by atoms with Gasteiger partial charge in [-0.15, -0.1) is 11.8 Å². The van der Waals surface area contributed by atoms with Gasteiger partial charge in [0.15, 0.2) is 0 Å². The van der Waals surface area contributed by atoms with Crippen LogP contribution in [0.25, 0.3) is 0 Å². The van der Waals surface area contributed by atoms with Gasteiger partial charge < -0.3 is 15.0 Å². The van der Waals surface area contributed by atoms with Crippen LogP contribution in [0.3, 0.4) is 0 Å². The molecular weight excluding hydrogens is 444 g/mol. The van der Waals surface area contributed by atoms with Crippen LogP contribution in [0.4, 0.5) is 0 Å². The van der Waals surface area contributed by atoms with Crippen molar-refractivity contribution in [3.05, 3.63) is 64.7 Å². The van der Waals surface area contributed by atoms with Crippen molar-refractivity contribution in [2.45, 2.75) is 51.4 Å². The van der Waals surface area contributed by atoms with E-state index in [1.54, 1.807) is 18.1 Å². The van der Waals surface area contributed by atoms with Crippen molar-refractivity contribution in [3.8, 4) is 5.75 Å². The van der Waals surface area contributed by atoms with Gasteiger partial charge in [-0.25, -0.2) is 0 Å². The van der Waals surface area contributed by atoms with Crippen molar-refractivity contribution in [1.29, 1.82) is 0 Å². The van der Waals surface area contributed by atoms with Crippen LogP contribution in [-0.2, 0) is 21.9 Å². The van der Waals surface area contributed by atoms with Crippen molar-refractivity contribution in [1.82, 2.24) is 10.2 Å². The first-order valence-corrected chi connectivity index (χ1v) is 12.5. The van der Waals surface area contributed by atoms with Gasteiger partial charge in [-0.2, -0.15) is 0 Å². The topological polar surface area (TPSA) is 58.6 Å². The van der Waals surface area contributed by atoms with E-state index in [9.17, 15) is 9.59 Å². The Labute approximate surface area is 200 Å². The average Bonchev–Trinajstić information content (AvgIpc) is 2.80. The molecule has 0 aliphatic rings. The number of amides is 2. The van der Waals surface area contributed by atoms with E-state index >= 15 is 0 Å². The molecule has 174 valence electrons. The second-order valence-corrected chi connectivity index (χ2v) is 8.92. The lowest BCUT2D eigenvalue weighted by atomic mass is 10.1. The second-order valence-electron chi connectivity index (χ2n) is 7.52. The monoisotopic (exact) mass is 476 g/mol. The summed E-state index contributed by atoms with van der Waals surface area (Å²) in [7, 11) is 1.64. The van der Waals surface area contributed by atoms with E-state index in [0.717, 1.165) is 29.7 Å². The van der Waals surface area contributed by atoms with Gasteiger partial charge in [0.25, 0.3) is 0 Å². The molecule has 7 heteroatoms. The van der Waals surface area contributed by atoms with Gasteiger partial charge in [0.05, 0.1) is 12.9 Å². The number of thioether (sulfide) groups is 1. The van der Waals surface area contributed by atoms with Gasteiger partial charge in [0.2, 0.25) is 11.8 Å². The Hall–Kier alpha value is -2.18. The molecule has 2 rings (SSSR count). The third-order valence-electron chi connectivity index (χ3n) is 5.17. The van der Waals surface area contributed by atoms with Gasteiger partial charge in [-0.3, -0.25) is 9.59 Å². The minimum Gasteiger partial charge on any atom is -0.497 e. The zero-order chi connectivity index (χ0) is 23.3. The summed E-state index contributed by atoms with van der Waals surface area (Å²) < 4.78 is 5.19. The third kappa shape index (κ3) is 8.06. The number of benzene rings is 2. The first-order valence-electron chi connectivity index (χ1n) is 11.0. The highest BCUT2D eigenvalue weighted by Crippen LogP contribution is 2.22. The van der Waals surface area contributed by atoms with Crippen LogP contribution in [-0.4, -0.2) is 42.2 Å². The van der Waals surface area contributed by atoms with Crippen molar-refractivity contribution in [2.24, 2.45) is 0 Å². The molecule has 2 amide bonds. The number of nitrogens with one attached hydrogen (secondary N) is 1. The molecule has 2 aromatic rings. The molecular formula is C25H33ClN2O3S. The van der Waals surface area contributed by atoms with Crippen LogP contribution in [0.15, 0.2) is 48.5 Å². The van der Waals surface area contributed by atoms with E-state index in [2.05, 4.69) is 12.2 Å². The van der Waals surface area contributed by atoms with Gasteiger partial charge in [-0.1, -0.05) is 62.2 Å². The van der Waals surface area contributed by atoms with Crippen LogP contribution < -0.4 is 10.1 Å². The quantitative estimate of drug-likeness (QED) is 0.398. The molecule has 1 atom stereocenters. The molecule has 0 fully saturated rings. The van der Waals surface area contributed by atoms with Gasteiger partial charge in [-0.05, 0) is 42.2 Å². The predicted octanol–water partition coefficient (Wildman–Crippen LogP) is 5.31. The van der Waals surface area contributed by atoms with Crippen molar-refractivity contribution < 1.29 is 14.3 Å². The Morgan fingerprint density at radius 3 is 2.47 bits per heavy atom. The summed E-state index contributed by atoms with van der Waals surface area (Å²) in [5.74, 6) is 1.62. The molecule has 2 aromatic carbocycles. The van der Waals surface area contributed by atoms with Crippen LogP contribution >= 0.6 is 23.4 Å². The molecule has 0 aliphatic carbocycles. The molecule has 0 heterocycles. The number of unbranched alkanes of at least 4 members (excludes halogenated alkanes) is 1. The number of rotatable bonds is 13. The molecule has 0 saturated carbocycles. The van der Waals surface area contributed by atoms with Crippen LogP contribution in [0, 0.1) is 0 Å². The highest BCUT2D eigenvalue weighted by molar-refractivity contribution is 7.99. The Balaban J connectivity index is 2.09. The molecule has 0 aliphatic heterocycles. The Bertz CT molecular complexity index is 861. The van der Waals surface area contributed by atoms with E-state index in [4.69, 9.17) is 16.3 Å². The van der Waals surface area contributed by atoms with E-state index in [-0.39, 0.29) is 17.6 Å². The number of carbonyl (C=O) groups excluding carboxylic acids is 2. The maximum absolute atomic E-state index is 13.2. The number of nitrogens with zero attached hydrogens (tertiary/aromatic N) is 1. The fraction of sp³-hybridized carbons (Fsp3) is 0.440. The lowest BCUT2D eigenvalue weighted by molar-refractivity contribution is -0.139. The first kappa shape index (κ1) is 26.1. The molecule has 5 nitrogen and oxygen atoms in total. The molecule has 0 bridgehead atoms. The minimum absolute atomic E-state index is 0.0686. The number of hydrogen-bond acceptors (Lipinski definition) is 4. The molecule has 32 heavy (non-hydrogen) atoms. The van der Waals surface area contributed by atoms with Crippen LogP contribution in [0.5, 0.6) is 5.75 Å². The average molecular weight is 477 g/mol. The first-order chi connectivity index (χ1) is 15.5. The molecule has 0 unspecified atom stereocenters. The maximum atomic E-state index is 13.2. The fourth-order valence-electron chi connectivity index (χ4n) is 3.30. The fourth-order valence-corrected chi connectivity index (χ4v) is 4.36. The van der Waals surface area contributed by atoms with E-state index in [1.807, 2.05) is 49.4 Å². The summed E-state index contributed by atoms with van der Waals surface area (Å²) in [6.07, 6.45) is 2.46. The number of methoxy groups -OCH3 is 1. The number of hydrogen-bond donors (Lipinski definition) is 1. The summed E-state index contributed by atoms with van der Waals surface area (Å²) in [5, 5.41) is 3.57. The summed E-state index contributed by atoms with van der Waals surface area (Å²) in [6, 6.07) is 14.7. The largest absolute Gasteiger partial charge is 0.497 e. The maximum Gasteiger partial charge on any atom is 0.242 e. The summed E-state index contributed by atoms with van der Waals surface area (Å²) >= 11 is 7.89. The van der Waals surface area contributed by atoms with E-state index in [1.165, 1.54) is 11.8 Å². The van der Waals surface area contributed by atoms with Crippen LogP contribution in [0.1, 0.15) is 44.2 Å². The smallest absolute Gasteiger partial charge is 0.242 e. The van der Waals surface area contributed by atoms with Gasteiger partial charge in [0.1, 0.15) is 11.8 Å². The van der Waals surface area contributed by atoms with Crippen molar-refractivity contribution in [2.75, 3.05) is 19.4 Å². The summed E-state index contributed by atoms with van der Waals surface area (Å²) in [4.78, 5) is 27.8. The van der Waals surface area contributed by atoms with E-state index < -0.39 is 6.04 Å². The highest BCUT2D eigenvalue weighted by Gasteiger charge is 2.28. The van der Waals surface area contributed by atoms with Gasteiger partial charge in [0, 0.05) is 23.9 Å². The summed E-state index contributed by atoms with van der Waals surface area (Å²) in [6.45, 7) is 4.94. The molecule has 0 radical (unpaired) electrons. The highest BCUT2D eigenvalue weighted by atomic mass is 35.5. The second kappa shape index (κ2) is 14.1. The lowest BCUT2D eigenvalue weighted by Gasteiger charge is -2.31. The Kier molecular flexibility index (Phi) is 11.5. The van der Waals surface area contributed by atoms with Crippen LogP contribution in [0.2, 0.25) is 5.02 Å². The molecule has 0 saturated heterocycles. The number of carbonyl (C=O) groups is 2. The van der Waals surface area contributed by atoms with Crippen molar-refractivity contribution in [3.63, 3.8) is 0 Å². The van der Waals surface area contributed by atoms with E-state index in [0.29, 0.717) is 30.3 Å². The lowest BCUT2D eigenvalue weighted by Crippen LogP contribution is -2.49. The van der Waals surface area contributed by atoms with Gasteiger partial charge >= 0.3 is 0 Å². The standard InChI is InChI=1S/C25H33ClN2O3S/c1-4-6-15-27-25(30)23(5-2)28(16-20-9-7-8-10-22(20)26)24(29)18-32-17-19-11-13-21(31-3)14-12-19/h7-14,23H,4-6,15-18H2,1-3H3,(H,27,30)/t23-/m1/s1. The number of halogens is 1. The number of ether oxygens (including phenoxy) is 1. The zero-order valence-corrected chi connectivity index (χ0v) is 20.7. The SMILES string of the molecule is CCCCNC(=O)[C@@H](CC)N(Cc1ccccc1Cl)C(=O)CSCc1ccc(OC)cc1. The Morgan fingerprint density at radius 1 is 1.12 bits per heavy atom. The normalized spacial score (nSPS) is 11.6. The molecule has 0 spiro atoms. The molecule has 0 aromatic heterocycles. The minimum atomic E-state index is -0.530. The summed E-state index contributed by atoms with van der Waals surface area (Å²) in [5.41, 5.74) is 1.95. The zero-order valence-electron chi connectivity index (χ0n) is 19.1.